The van der Waals surface area contributed by atoms with Crippen molar-refractivity contribution >= 4 is 46.1 Å². The number of hydrogen-bond acceptors (Lipinski definition) is 9. The third-order valence-corrected chi connectivity index (χ3v) is 8.67. The van der Waals surface area contributed by atoms with Gasteiger partial charge >= 0.3 is 5.97 Å². The van der Waals surface area contributed by atoms with Gasteiger partial charge in [-0.2, -0.15) is 15.0 Å². The number of para-hydroxylation sites is 3. The minimum Gasteiger partial charge on any atom is -0.497 e. The van der Waals surface area contributed by atoms with E-state index in [1.54, 1.807) is 7.11 Å². The molecule has 0 bridgehead atoms. The van der Waals surface area contributed by atoms with Gasteiger partial charge in [0.2, 0.25) is 17.8 Å². The lowest BCUT2D eigenvalue weighted by Gasteiger charge is -2.41. The number of carbonyl (C=O) groups excluding carboxylic acids is 1. The zero-order chi connectivity index (χ0) is 32.5. The summed E-state index contributed by atoms with van der Waals surface area (Å²) in [5.74, 6) is 1.32. The molecular formula is C37H35N7O3. The van der Waals surface area contributed by atoms with Gasteiger partial charge in [0.05, 0.1) is 20.3 Å². The van der Waals surface area contributed by atoms with Crippen LogP contribution in [0.5, 0.6) is 5.75 Å². The third kappa shape index (κ3) is 5.69. The van der Waals surface area contributed by atoms with Crippen LogP contribution in [0.2, 0.25) is 0 Å². The minimum atomic E-state index is -0.737. The number of hydrogen-bond donors (Lipinski definition) is 3. The van der Waals surface area contributed by atoms with Crippen LogP contribution in [0.25, 0.3) is 10.9 Å². The maximum atomic E-state index is 13.7. The van der Waals surface area contributed by atoms with Gasteiger partial charge in [0.25, 0.3) is 0 Å². The Kier molecular flexibility index (Phi) is 7.91. The van der Waals surface area contributed by atoms with Gasteiger partial charge in [-0.25, -0.2) is 4.79 Å². The van der Waals surface area contributed by atoms with Gasteiger partial charge < -0.3 is 30.0 Å². The number of carbonyl (C=O) groups is 1. The van der Waals surface area contributed by atoms with E-state index in [4.69, 9.17) is 24.4 Å². The first-order valence-electron chi connectivity index (χ1n) is 15.4. The molecule has 0 spiro atoms. The third-order valence-electron chi connectivity index (χ3n) is 8.67. The van der Waals surface area contributed by atoms with Crippen LogP contribution in [-0.4, -0.2) is 46.2 Å². The molecule has 7 rings (SSSR count). The Labute approximate surface area is 272 Å². The van der Waals surface area contributed by atoms with Gasteiger partial charge in [-0.3, -0.25) is 0 Å². The highest BCUT2D eigenvalue weighted by atomic mass is 16.5. The van der Waals surface area contributed by atoms with Crippen molar-refractivity contribution in [1.29, 1.82) is 0 Å². The Morgan fingerprint density at radius 2 is 1.38 bits per heavy atom. The first-order chi connectivity index (χ1) is 22.9. The number of nitrogens with one attached hydrogen (secondary N) is 3. The second-order valence-corrected chi connectivity index (χ2v) is 11.6. The molecule has 0 amide bonds. The van der Waals surface area contributed by atoms with E-state index in [0.29, 0.717) is 24.3 Å². The highest BCUT2D eigenvalue weighted by Crippen LogP contribution is 2.43. The van der Waals surface area contributed by atoms with Crippen molar-refractivity contribution in [2.75, 3.05) is 29.8 Å². The van der Waals surface area contributed by atoms with E-state index in [2.05, 4.69) is 21.7 Å². The molecule has 0 aliphatic carbocycles. The summed E-state index contributed by atoms with van der Waals surface area (Å²) < 4.78 is 10.9. The fourth-order valence-corrected chi connectivity index (χ4v) is 6.25. The first-order valence-corrected chi connectivity index (χ1v) is 15.4. The molecule has 236 valence electrons. The number of esters is 1. The number of rotatable bonds is 8. The van der Waals surface area contributed by atoms with E-state index < -0.39 is 12.1 Å². The summed E-state index contributed by atoms with van der Waals surface area (Å²) in [5, 5.41) is 7.85. The molecule has 2 atom stereocenters. The Morgan fingerprint density at radius 1 is 0.787 bits per heavy atom. The van der Waals surface area contributed by atoms with Gasteiger partial charge in [-0.05, 0) is 66.4 Å². The van der Waals surface area contributed by atoms with Gasteiger partial charge in [0, 0.05) is 34.4 Å². The van der Waals surface area contributed by atoms with Gasteiger partial charge in [0.1, 0.15) is 11.8 Å². The Balaban J connectivity index is 1.45. The summed E-state index contributed by atoms with van der Waals surface area (Å²) in [6, 6.07) is 30.6. The average Bonchev–Trinajstić information content (AvgIpc) is 3.47. The number of anilines is 5. The van der Waals surface area contributed by atoms with E-state index in [9.17, 15) is 4.79 Å². The number of aryl methyl sites for hydroxylation is 2. The number of methoxy groups -OCH3 is 2. The van der Waals surface area contributed by atoms with Crippen LogP contribution < -0.4 is 20.3 Å². The highest BCUT2D eigenvalue weighted by Gasteiger charge is 2.43. The monoisotopic (exact) mass is 625 g/mol. The lowest BCUT2D eigenvalue weighted by atomic mass is 9.88. The maximum absolute atomic E-state index is 13.7. The van der Waals surface area contributed by atoms with Crippen molar-refractivity contribution < 1.29 is 14.3 Å². The van der Waals surface area contributed by atoms with Crippen LogP contribution in [0.15, 0.2) is 97.1 Å². The Bertz CT molecular complexity index is 2010. The first kappa shape index (κ1) is 29.8. The Hall–Kier alpha value is -5.90. The fourth-order valence-electron chi connectivity index (χ4n) is 6.25. The summed E-state index contributed by atoms with van der Waals surface area (Å²) in [6.45, 7) is 4.04. The highest BCUT2D eigenvalue weighted by molar-refractivity contribution is 5.89. The smallest absolute Gasteiger partial charge is 0.328 e. The number of ether oxygens (including phenoxy) is 2. The molecule has 1 aliphatic heterocycles. The van der Waals surface area contributed by atoms with Gasteiger partial charge in [0.15, 0.2) is 0 Å². The molecular weight excluding hydrogens is 590 g/mol. The summed E-state index contributed by atoms with van der Waals surface area (Å²) in [6.07, 6.45) is 0.394. The van der Waals surface area contributed by atoms with Gasteiger partial charge in [-0.15, -0.1) is 0 Å². The van der Waals surface area contributed by atoms with E-state index in [-0.39, 0.29) is 5.97 Å². The van der Waals surface area contributed by atoms with Crippen molar-refractivity contribution in [3.8, 4) is 5.75 Å². The van der Waals surface area contributed by atoms with E-state index in [1.165, 1.54) is 7.11 Å². The number of nitrogens with zero attached hydrogens (tertiary/aromatic N) is 4. The molecule has 3 heterocycles. The predicted molar refractivity (Wildman–Crippen MR) is 184 cm³/mol. The van der Waals surface area contributed by atoms with Crippen molar-refractivity contribution in [2.45, 2.75) is 32.4 Å². The number of benzene rings is 4. The largest absolute Gasteiger partial charge is 0.497 e. The summed E-state index contributed by atoms with van der Waals surface area (Å²) in [5.41, 5.74) is 7.71. The van der Waals surface area contributed by atoms with Crippen LogP contribution in [0.4, 0.5) is 29.2 Å². The number of aromatic nitrogens is 4. The lowest BCUT2D eigenvalue weighted by molar-refractivity contribution is -0.142. The standard InChI is InChI=1S/C37H35N7O3/c1-22-11-5-8-14-28(22)39-35-41-36(40-29-15-9-6-12-23(29)2)43-37(42-35)44-31(34(45)47-4)21-27-26-13-7-10-16-30(26)38-32(27)33(44)24-17-19-25(46-3)20-18-24/h5-20,31,33,38H,21H2,1-4H3,(H2,39,40,41,42,43)/t31-,33-/m0/s1. The topological polar surface area (TPSA) is 117 Å². The molecule has 10 heteroatoms. The van der Waals surface area contributed by atoms with Crippen LogP contribution in [0, 0.1) is 13.8 Å². The maximum Gasteiger partial charge on any atom is 0.328 e. The zero-order valence-corrected chi connectivity index (χ0v) is 26.6. The molecule has 0 saturated carbocycles. The second kappa shape index (κ2) is 12.5. The summed E-state index contributed by atoms with van der Waals surface area (Å²) >= 11 is 0. The van der Waals surface area contributed by atoms with Crippen LogP contribution in [0.3, 0.4) is 0 Å². The molecule has 0 fully saturated rings. The second-order valence-electron chi connectivity index (χ2n) is 11.6. The molecule has 2 aromatic heterocycles. The zero-order valence-electron chi connectivity index (χ0n) is 26.6. The quantitative estimate of drug-likeness (QED) is 0.152. The molecule has 3 N–H and O–H groups in total. The minimum absolute atomic E-state index is 0.313. The number of H-pyrrole nitrogens is 1. The van der Waals surface area contributed by atoms with Crippen molar-refractivity contribution in [2.24, 2.45) is 0 Å². The van der Waals surface area contributed by atoms with Crippen molar-refractivity contribution in [3.05, 3.63) is 125 Å². The van der Waals surface area contributed by atoms with Crippen molar-refractivity contribution in [3.63, 3.8) is 0 Å². The van der Waals surface area contributed by atoms with E-state index in [1.807, 2.05) is 110 Å². The van der Waals surface area contributed by atoms with Crippen molar-refractivity contribution in [1.82, 2.24) is 19.9 Å². The Morgan fingerprint density at radius 3 is 1.98 bits per heavy atom. The molecule has 1 aliphatic rings. The molecule has 6 aromatic rings. The summed E-state index contributed by atoms with van der Waals surface area (Å²) in [4.78, 5) is 34.1. The lowest BCUT2D eigenvalue weighted by Crippen LogP contribution is -2.50. The number of aromatic amines is 1. The SMILES string of the molecule is COC(=O)[C@@H]1Cc2c([nH]c3ccccc23)[C@H](c2ccc(OC)cc2)N1c1nc(Nc2ccccc2C)nc(Nc2ccccc2C)n1. The van der Waals surface area contributed by atoms with E-state index in [0.717, 1.165) is 56.0 Å². The predicted octanol–water partition coefficient (Wildman–Crippen LogP) is 7.16. The average molecular weight is 626 g/mol. The van der Waals surface area contributed by atoms with Gasteiger partial charge in [-0.1, -0.05) is 66.7 Å². The molecule has 10 nitrogen and oxygen atoms in total. The number of fused-ring (bicyclic) bond motifs is 3. The normalized spacial score (nSPS) is 15.6. The molecule has 0 radical (unpaired) electrons. The van der Waals surface area contributed by atoms with Crippen LogP contribution in [-0.2, 0) is 16.0 Å². The molecule has 0 saturated heterocycles. The fraction of sp³-hybridized carbons (Fsp3) is 0.189. The van der Waals surface area contributed by atoms with Crippen LogP contribution >= 0.6 is 0 Å². The molecule has 0 unspecified atom stereocenters. The molecule has 47 heavy (non-hydrogen) atoms. The van der Waals surface area contributed by atoms with Crippen LogP contribution in [0.1, 0.15) is 34.0 Å². The summed E-state index contributed by atoms with van der Waals surface area (Å²) in [7, 11) is 3.05. The van der Waals surface area contributed by atoms with E-state index >= 15 is 0 Å². The molecule has 4 aromatic carbocycles.